The number of methoxy groups -OCH3 is 1. The first-order valence-corrected chi connectivity index (χ1v) is 2.95. The maximum atomic E-state index is 6.75. The standard InChI is InChI=1S/C5H5BrN2O/c1-9-5-3-2-4(6)7-8-5/h2-3H,1H3/i1D3. The lowest BCUT2D eigenvalue weighted by Gasteiger charge is -1.93. The second kappa shape index (κ2) is 2.77. The average molecular weight is 192 g/mol. The molecule has 0 radical (unpaired) electrons. The molecule has 0 spiro atoms. The number of nitrogens with zero attached hydrogens (tertiary/aromatic N) is 2. The lowest BCUT2D eigenvalue weighted by atomic mass is 10.6. The summed E-state index contributed by atoms with van der Waals surface area (Å²) in [5, 5.41) is 7.04. The number of rotatable bonds is 1. The van der Waals surface area contributed by atoms with E-state index in [-0.39, 0.29) is 5.88 Å². The van der Waals surface area contributed by atoms with Gasteiger partial charge in [-0.05, 0) is 22.0 Å². The van der Waals surface area contributed by atoms with Crippen LogP contribution < -0.4 is 4.74 Å². The van der Waals surface area contributed by atoms with Crippen molar-refractivity contribution in [2.24, 2.45) is 0 Å². The van der Waals surface area contributed by atoms with E-state index in [1.165, 1.54) is 6.07 Å². The van der Waals surface area contributed by atoms with Gasteiger partial charge in [-0.1, -0.05) is 0 Å². The molecule has 0 atom stereocenters. The van der Waals surface area contributed by atoms with Crippen molar-refractivity contribution < 1.29 is 8.85 Å². The lowest BCUT2D eigenvalue weighted by molar-refractivity contribution is 0.391. The highest BCUT2D eigenvalue weighted by Gasteiger charge is 1.90. The van der Waals surface area contributed by atoms with Gasteiger partial charge < -0.3 is 4.74 Å². The molecule has 9 heavy (non-hydrogen) atoms. The Morgan fingerprint density at radius 1 is 1.67 bits per heavy atom. The summed E-state index contributed by atoms with van der Waals surface area (Å²) in [4.78, 5) is 0. The molecule has 0 bridgehead atoms. The van der Waals surface area contributed by atoms with Gasteiger partial charge in [0.2, 0.25) is 5.88 Å². The van der Waals surface area contributed by atoms with E-state index in [0.717, 1.165) is 0 Å². The summed E-state index contributed by atoms with van der Waals surface area (Å²) in [6, 6.07) is 2.97. The van der Waals surface area contributed by atoms with Gasteiger partial charge in [0.15, 0.2) is 0 Å². The Morgan fingerprint density at radius 2 is 2.56 bits per heavy atom. The van der Waals surface area contributed by atoms with Gasteiger partial charge in [-0.2, -0.15) is 0 Å². The molecular formula is C5H5BrN2O. The van der Waals surface area contributed by atoms with E-state index < -0.39 is 7.04 Å². The minimum absolute atomic E-state index is 0.0156. The van der Waals surface area contributed by atoms with Gasteiger partial charge in [0.25, 0.3) is 0 Å². The zero-order valence-corrected chi connectivity index (χ0v) is 5.92. The number of hydrogen-bond donors (Lipinski definition) is 0. The fourth-order valence-corrected chi connectivity index (χ4v) is 0.570. The second-order valence-electron chi connectivity index (χ2n) is 1.30. The molecule has 48 valence electrons. The van der Waals surface area contributed by atoms with E-state index in [1.54, 1.807) is 6.07 Å². The Kier molecular flexibility index (Phi) is 1.08. The van der Waals surface area contributed by atoms with Crippen LogP contribution in [-0.4, -0.2) is 17.2 Å². The van der Waals surface area contributed by atoms with E-state index in [9.17, 15) is 0 Å². The van der Waals surface area contributed by atoms with Gasteiger partial charge in [0.05, 0.1) is 11.2 Å². The van der Waals surface area contributed by atoms with Crippen LogP contribution in [0.25, 0.3) is 0 Å². The topological polar surface area (TPSA) is 35.0 Å². The molecule has 0 saturated carbocycles. The van der Waals surface area contributed by atoms with Crippen LogP contribution >= 0.6 is 15.9 Å². The first-order valence-electron chi connectivity index (χ1n) is 3.66. The maximum Gasteiger partial charge on any atom is 0.233 e. The van der Waals surface area contributed by atoms with Crippen molar-refractivity contribution >= 4 is 15.9 Å². The van der Waals surface area contributed by atoms with Crippen molar-refractivity contribution in [1.82, 2.24) is 10.2 Å². The monoisotopic (exact) mass is 191 g/mol. The van der Waals surface area contributed by atoms with Crippen LogP contribution in [0, 0.1) is 0 Å². The summed E-state index contributed by atoms with van der Waals surface area (Å²) < 4.78 is 25.3. The maximum absolute atomic E-state index is 6.75. The predicted molar refractivity (Wildman–Crippen MR) is 36.3 cm³/mol. The van der Waals surface area contributed by atoms with Gasteiger partial charge in [-0.3, -0.25) is 0 Å². The Bertz CT molecular complexity index is 260. The van der Waals surface area contributed by atoms with Gasteiger partial charge in [0, 0.05) is 6.07 Å². The molecule has 1 aromatic rings. The van der Waals surface area contributed by atoms with Crippen LogP contribution in [0.5, 0.6) is 5.88 Å². The molecule has 0 aliphatic carbocycles. The van der Waals surface area contributed by atoms with E-state index in [2.05, 4.69) is 30.9 Å². The van der Waals surface area contributed by atoms with Gasteiger partial charge in [0.1, 0.15) is 4.60 Å². The summed E-state index contributed by atoms with van der Waals surface area (Å²) in [5.74, 6) is -0.0156. The molecule has 0 saturated heterocycles. The summed E-state index contributed by atoms with van der Waals surface area (Å²) >= 11 is 3.06. The lowest BCUT2D eigenvalue weighted by Crippen LogP contribution is -1.88. The third-order valence-electron chi connectivity index (χ3n) is 0.712. The fraction of sp³-hybridized carbons (Fsp3) is 0.200. The molecule has 0 fully saturated rings. The van der Waals surface area contributed by atoms with Crippen LogP contribution in [0.2, 0.25) is 0 Å². The van der Waals surface area contributed by atoms with Crippen molar-refractivity contribution in [2.75, 3.05) is 7.04 Å². The summed E-state index contributed by atoms with van der Waals surface area (Å²) in [5.41, 5.74) is 0. The van der Waals surface area contributed by atoms with Crippen molar-refractivity contribution in [3.8, 4) is 5.88 Å². The van der Waals surface area contributed by atoms with Crippen molar-refractivity contribution in [3.63, 3.8) is 0 Å². The van der Waals surface area contributed by atoms with Gasteiger partial charge in [-0.15, -0.1) is 10.2 Å². The van der Waals surface area contributed by atoms with Gasteiger partial charge >= 0.3 is 0 Å². The zero-order valence-electron chi connectivity index (χ0n) is 7.34. The summed E-state index contributed by atoms with van der Waals surface area (Å²) in [6.07, 6.45) is 0. The molecule has 0 N–H and O–H groups in total. The van der Waals surface area contributed by atoms with E-state index >= 15 is 0 Å². The van der Waals surface area contributed by atoms with Crippen molar-refractivity contribution in [1.29, 1.82) is 0 Å². The van der Waals surface area contributed by atoms with Crippen LogP contribution in [-0.2, 0) is 0 Å². The highest BCUT2D eigenvalue weighted by atomic mass is 79.9. The Labute approximate surface area is 65.4 Å². The van der Waals surface area contributed by atoms with E-state index in [0.29, 0.717) is 4.60 Å². The number of ether oxygens (including phenoxy) is 1. The highest BCUT2D eigenvalue weighted by molar-refractivity contribution is 9.10. The summed E-state index contributed by atoms with van der Waals surface area (Å²) in [7, 11) is -2.47. The van der Waals surface area contributed by atoms with Crippen molar-refractivity contribution in [2.45, 2.75) is 0 Å². The molecule has 0 aliphatic rings. The predicted octanol–water partition coefficient (Wildman–Crippen LogP) is 1.25. The van der Waals surface area contributed by atoms with Crippen molar-refractivity contribution in [3.05, 3.63) is 16.7 Å². The zero-order chi connectivity index (χ0) is 9.19. The molecule has 0 unspecified atom stereocenters. The normalized spacial score (nSPS) is 15.4. The minimum atomic E-state index is -2.47. The Hall–Kier alpha value is -0.640. The Balaban J connectivity index is 2.71. The quantitative estimate of drug-likeness (QED) is 0.671. The molecule has 1 aromatic heterocycles. The largest absolute Gasteiger partial charge is 0.480 e. The molecule has 0 aromatic carbocycles. The molecule has 0 amide bonds. The summed E-state index contributed by atoms with van der Waals surface area (Å²) in [6.45, 7) is 0. The molecule has 1 heterocycles. The number of hydrogen-bond acceptors (Lipinski definition) is 3. The molecule has 0 aliphatic heterocycles. The third-order valence-corrected chi connectivity index (χ3v) is 1.14. The van der Waals surface area contributed by atoms with E-state index in [4.69, 9.17) is 4.11 Å². The van der Waals surface area contributed by atoms with Gasteiger partial charge in [-0.25, -0.2) is 0 Å². The third kappa shape index (κ3) is 1.64. The van der Waals surface area contributed by atoms with E-state index in [1.807, 2.05) is 0 Å². The first kappa shape index (κ1) is 3.51. The highest BCUT2D eigenvalue weighted by Crippen LogP contribution is 2.07. The molecule has 3 nitrogen and oxygen atoms in total. The second-order valence-corrected chi connectivity index (χ2v) is 2.11. The van der Waals surface area contributed by atoms with Crippen LogP contribution in [0.1, 0.15) is 4.11 Å². The SMILES string of the molecule is [2H]C([2H])([2H])Oc1ccc(Br)nn1. The van der Waals surface area contributed by atoms with Crippen LogP contribution in [0.4, 0.5) is 0 Å². The average Bonchev–Trinajstić information content (AvgIpc) is 1.91. The first-order chi connectivity index (χ1) is 5.47. The van der Waals surface area contributed by atoms with Crippen LogP contribution in [0.3, 0.4) is 0 Å². The molecule has 1 rings (SSSR count). The van der Waals surface area contributed by atoms with Crippen LogP contribution in [0.15, 0.2) is 16.7 Å². The Morgan fingerprint density at radius 3 is 3.11 bits per heavy atom. The smallest absolute Gasteiger partial charge is 0.233 e. The number of halogens is 1. The molecular weight excluding hydrogens is 184 g/mol. The number of aromatic nitrogens is 2. The molecule has 4 heteroatoms. The fourth-order valence-electron chi connectivity index (χ4n) is 0.358. The minimum Gasteiger partial charge on any atom is -0.480 e.